The van der Waals surface area contributed by atoms with Gasteiger partial charge in [0.25, 0.3) is 0 Å². The van der Waals surface area contributed by atoms with E-state index in [1.165, 1.54) is 20.1 Å². The lowest BCUT2D eigenvalue weighted by atomic mass is 10.1. The first-order valence-corrected chi connectivity index (χ1v) is 10.5. The van der Waals surface area contributed by atoms with Crippen molar-refractivity contribution in [2.45, 2.75) is 26.8 Å². The quantitative estimate of drug-likeness (QED) is 0.786. The Morgan fingerprint density at radius 2 is 1.81 bits per heavy atom. The second-order valence-corrected chi connectivity index (χ2v) is 8.64. The van der Waals surface area contributed by atoms with Crippen LogP contribution < -0.4 is 14.4 Å². The number of amides is 1. The number of rotatable bonds is 6. The number of hydrogen-bond acceptors (Lipinski definition) is 4. The molecule has 1 N–H and O–H groups in total. The zero-order valence-corrected chi connectivity index (χ0v) is 17.5. The van der Waals surface area contributed by atoms with Crippen molar-refractivity contribution in [2.75, 3.05) is 23.0 Å². The van der Waals surface area contributed by atoms with Gasteiger partial charge in [0.05, 0.1) is 19.1 Å². The number of anilines is 2. The molecule has 0 unspecified atom stereocenters. The van der Waals surface area contributed by atoms with E-state index in [1.54, 1.807) is 18.2 Å². The molecule has 2 aromatic rings. The van der Waals surface area contributed by atoms with Gasteiger partial charge in [0.1, 0.15) is 11.8 Å². The molecule has 0 aromatic heterocycles. The van der Waals surface area contributed by atoms with Crippen molar-refractivity contribution in [3.05, 3.63) is 52.5 Å². The Hall–Kier alpha value is -2.25. The first-order chi connectivity index (χ1) is 12.5. The largest absolute Gasteiger partial charge is 0.495 e. The molecule has 146 valence electrons. The predicted molar refractivity (Wildman–Crippen MR) is 109 cm³/mol. The minimum Gasteiger partial charge on any atom is -0.495 e. The van der Waals surface area contributed by atoms with Gasteiger partial charge in [-0.05, 0) is 62.2 Å². The van der Waals surface area contributed by atoms with Gasteiger partial charge in [-0.2, -0.15) is 0 Å². The number of carbonyl (C=O) groups is 1. The number of nitrogens with one attached hydrogen (secondary N) is 1. The van der Waals surface area contributed by atoms with E-state index >= 15 is 0 Å². The number of hydrogen-bond donors (Lipinski definition) is 1. The molecule has 1 amide bonds. The molecule has 0 aliphatic rings. The fourth-order valence-electron chi connectivity index (χ4n) is 2.68. The van der Waals surface area contributed by atoms with Crippen LogP contribution in [0, 0.1) is 13.8 Å². The number of benzene rings is 2. The van der Waals surface area contributed by atoms with Gasteiger partial charge in [-0.1, -0.05) is 17.7 Å². The van der Waals surface area contributed by atoms with Gasteiger partial charge in [-0.3, -0.25) is 9.10 Å². The van der Waals surface area contributed by atoms with Gasteiger partial charge in [0.15, 0.2) is 0 Å². The van der Waals surface area contributed by atoms with Crippen LogP contribution in [0.2, 0.25) is 5.02 Å². The minimum atomic E-state index is -3.78. The Morgan fingerprint density at radius 1 is 1.15 bits per heavy atom. The molecule has 0 aliphatic carbocycles. The van der Waals surface area contributed by atoms with E-state index in [2.05, 4.69) is 5.32 Å². The van der Waals surface area contributed by atoms with Gasteiger partial charge < -0.3 is 10.1 Å². The highest BCUT2D eigenvalue weighted by atomic mass is 35.5. The van der Waals surface area contributed by atoms with Crippen LogP contribution >= 0.6 is 11.6 Å². The lowest BCUT2D eigenvalue weighted by Crippen LogP contribution is -2.45. The van der Waals surface area contributed by atoms with Gasteiger partial charge >= 0.3 is 0 Å². The minimum absolute atomic E-state index is 0.204. The Morgan fingerprint density at radius 3 is 2.37 bits per heavy atom. The summed E-state index contributed by atoms with van der Waals surface area (Å²) in [6, 6.07) is 9.09. The van der Waals surface area contributed by atoms with Crippen molar-refractivity contribution in [2.24, 2.45) is 0 Å². The lowest BCUT2D eigenvalue weighted by molar-refractivity contribution is -0.116. The summed E-state index contributed by atoms with van der Waals surface area (Å²) >= 11 is 6.04. The SMILES string of the molecule is COc1ccc(Cl)cc1N([C@@H](C)C(=O)Nc1ccc(C)c(C)c1)S(C)(=O)=O. The number of aryl methyl sites for hydroxylation is 2. The highest BCUT2D eigenvalue weighted by molar-refractivity contribution is 7.92. The number of carbonyl (C=O) groups excluding carboxylic acids is 1. The fraction of sp³-hybridized carbons (Fsp3) is 0.316. The van der Waals surface area contributed by atoms with Crippen LogP contribution in [0.3, 0.4) is 0 Å². The first kappa shape index (κ1) is 21.1. The maximum absolute atomic E-state index is 12.8. The standard InChI is InChI=1S/C19H23ClN2O4S/c1-12-6-8-16(10-13(12)2)21-19(23)14(3)22(27(5,24)25)17-11-15(20)7-9-18(17)26-4/h6-11,14H,1-5H3,(H,21,23)/t14-/m0/s1. The Balaban J connectivity index is 2.41. The van der Waals surface area contributed by atoms with E-state index in [1.807, 2.05) is 26.0 Å². The van der Waals surface area contributed by atoms with Crippen LogP contribution in [-0.4, -0.2) is 33.7 Å². The maximum atomic E-state index is 12.8. The summed E-state index contributed by atoms with van der Waals surface area (Å²) in [6.07, 6.45) is 1.03. The summed E-state index contributed by atoms with van der Waals surface area (Å²) in [6.45, 7) is 5.42. The van der Waals surface area contributed by atoms with E-state index in [4.69, 9.17) is 16.3 Å². The second-order valence-electron chi connectivity index (χ2n) is 6.34. The molecule has 0 saturated heterocycles. The molecule has 8 heteroatoms. The van der Waals surface area contributed by atoms with E-state index in [-0.39, 0.29) is 5.69 Å². The Bertz CT molecular complexity index is 960. The maximum Gasteiger partial charge on any atom is 0.247 e. The fourth-order valence-corrected chi connectivity index (χ4v) is 4.02. The van der Waals surface area contributed by atoms with Crippen molar-refractivity contribution >= 4 is 38.9 Å². The molecule has 0 radical (unpaired) electrons. The third-order valence-corrected chi connectivity index (χ3v) is 5.70. The molecule has 0 spiro atoms. The predicted octanol–water partition coefficient (Wildman–Crippen LogP) is 3.76. The van der Waals surface area contributed by atoms with E-state index in [0.717, 1.165) is 21.7 Å². The van der Waals surface area contributed by atoms with Gasteiger partial charge in [0.2, 0.25) is 15.9 Å². The van der Waals surface area contributed by atoms with Crippen LogP contribution in [0.4, 0.5) is 11.4 Å². The summed E-state index contributed by atoms with van der Waals surface area (Å²) in [5.74, 6) is -0.165. The molecule has 27 heavy (non-hydrogen) atoms. The molecule has 6 nitrogen and oxygen atoms in total. The third-order valence-electron chi connectivity index (χ3n) is 4.24. The normalized spacial score (nSPS) is 12.4. The zero-order valence-electron chi connectivity index (χ0n) is 15.9. The molecule has 2 aromatic carbocycles. The van der Waals surface area contributed by atoms with Gasteiger partial charge in [-0.25, -0.2) is 8.42 Å². The van der Waals surface area contributed by atoms with Crippen molar-refractivity contribution < 1.29 is 17.9 Å². The molecular weight excluding hydrogens is 388 g/mol. The summed E-state index contributed by atoms with van der Waals surface area (Å²) in [7, 11) is -2.36. The van der Waals surface area contributed by atoms with Crippen molar-refractivity contribution in [1.29, 1.82) is 0 Å². The number of sulfonamides is 1. The van der Waals surface area contributed by atoms with Crippen LogP contribution in [-0.2, 0) is 14.8 Å². The van der Waals surface area contributed by atoms with E-state index in [0.29, 0.717) is 16.5 Å². The first-order valence-electron chi connectivity index (χ1n) is 8.25. The van der Waals surface area contributed by atoms with Crippen LogP contribution in [0.5, 0.6) is 5.75 Å². The number of ether oxygens (including phenoxy) is 1. The summed E-state index contributed by atoms with van der Waals surface area (Å²) in [4.78, 5) is 12.8. The Labute approximate surface area is 165 Å². The number of nitrogens with zero attached hydrogens (tertiary/aromatic N) is 1. The second kappa shape index (κ2) is 8.19. The van der Waals surface area contributed by atoms with Gasteiger partial charge in [-0.15, -0.1) is 0 Å². The smallest absolute Gasteiger partial charge is 0.247 e. The summed E-state index contributed by atoms with van der Waals surface area (Å²) in [5.41, 5.74) is 2.93. The van der Waals surface area contributed by atoms with Crippen LogP contribution in [0.15, 0.2) is 36.4 Å². The molecule has 0 bridgehead atoms. The molecule has 0 heterocycles. The van der Waals surface area contributed by atoms with Crippen molar-refractivity contribution in [3.63, 3.8) is 0 Å². The highest BCUT2D eigenvalue weighted by Gasteiger charge is 2.31. The topological polar surface area (TPSA) is 75.7 Å². The molecule has 1 atom stereocenters. The van der Waals surface area contributed by atoms with Crippen molar-refractivity contribution in [1.82, 2.24) is 0 Å². The zero-order chi connectivity index (χ0) is 20.4. The molecule has 0 aliphatic heterocycles. The van der Waals surface area contributed by atoms with Crippen LogP contribution in [0.1, 0.15) is 18.1 Å². The molecule has 0 fully saturated rings. The lowest BCUT2D eigenvalue weighted by Gasteiger charge is -2.29. The monoisotopic (exact) mass is 410 g/mol. The molecule has 2 rings (SSSR count). The number of halogens is 1. The number of methoxy groups -OCH3 is 1. The van der Waals surface area contributed by atoms with E-state index < -0.39 is 22.0 Å². The Kier molecular flexibility index (Phi) is 6.38. The average molecular weight is 411 g/mol. The average Bonchev–Trinajstić information content (AvgIpc) is 2.57. The highest BCUT2D eigenvalue weighted by Crippen LogP contribution is 2.34. The van der Waals surface area contributed by atoms with Crippen molar-refractivity contribution in [3.8, 4) is 5.75 Å². The van der Waals surface area contributed by atoms with Gasteiger partial charge in [0, 0.05) is 10.7 Å². The van der Waals surface area contributed by atoms with Crippen LogP contribution in [0.25, 0.3) is 0 Å². The third kappa shape index (κ3) is 4.93. The van der Waals surface area contributed by atoms with E-state index in [9.17, 15) is 13.2 Å². The summed E-state index contributed by atoms with van der Waals surface area (Å²) < 4.78 is 31.2. The molecule has 0 saturated carbocycles. The molecular formula is C19H23ClN2O4S. The summed E-state index contributed by atoms with van der Waals surface area (Å²) in [5, 5.41) is 3.10.